The lowest BCUT2D eigenvalue weighted by molar-refractivity contribution is -0.137. The number of carbonyl (C=O) groups is 2. The summed E-state index contributed by atoms with van der Waals surface area (Å²) >= 11 is 1.55. The van der Waals surface area contributed by atoms with Crippen molar-refractivity contribution in [1.82, 2.24) is 25.3 Å². The van der Waals surface area contributed by atoms with Gasteiger partial charge in [-0.2, -0.15) is 4.98 Å². The van der Waals surface area contributed by atoms with Crippen molar-refractivity contribution < 1.29 is 18.5 Å². The molecule has 5 rings (SSSR count). The van der Waals surface area contributed by atoms with Crippen LogP contribution in [0.3, 0.4) is 0 Å². The van der Waals surface area contributed by atoms with E-state index in [1.807, 2.05) is 29.6 Å². The average molecular weight is 534 g/mol. The predicted molar refractivity (Wildman–Crippen MR) is 143 cm³/mol. The van der Waals surface area contributed by atoms with Crippen LogP contribution in [0.5, 0.6) is 0 Å². The number of hydrogen-bond acceptors (Lipinski definition) is 7. The van der Waals surface area contributed by atoms with Gasteiger partial charge in [0.05, 0.1) is 4.88 Å². The molecule has 1 fully saturated rings. The van der Waals surface area contributed by atoms with E-state index in [-0.39, 0.29) is 24.1 Å². The second-order valence-electron chi connectivity index (χ2n) is 9.25. The van der Waals surface area contributed by atoms with Crippen molar-refractivity contribution in [2.75, 3.05) is 26.2 Å². The Hall–Kier alpha value is -3.89. The van der Waals surface area contributed by atoms with Crippen molar-refractivity contribution >= 4 is 23.2 Å². The molecular formula is C28H28FN5O3S. The van der Waals surface area contributed by atoms with Crippen LogP contribution in [0.25, 0.3) is 22.2 Å². The van der Waals surface area contributed by atoms with Crippen molar-refractivity contribution in [3.63, 3.8) is 0 Å². The van der Waals surface area contributed by atoms with Gasteiger partial charge in [0, 0.05) is 51.6 Å². The number of piperazine rings is 1. The molecule has 0 bridgehead atoms. The van der Waals surface area contributed by atoms with Crippen LogP contribution < -0.4 is 5.32 Å². The summed E-state index contributed by atoms with van der Waals surface area (Å²) in [7, 11) is 0. The molecule has 2 amide bonds. The number of benzene rings is 2. The Labute approximate surface area is 224 Å². The van der Waals surface area contributed by atoms with E-state index < -0.39 is 6.04 Å². The molecule has 10 heteroatoms. The van der Waals surface area contributed by atoms with Gasteiger partial charge in [0.1, 0.15) is 11.9 Å². The Kier molecular flexibility index (Phi) is 7.90. The molecule has 1 saturated heterocycles. The molecule has 2 aromatic heterocycles. The van der Waals surface area contributed by atoms with Gasteiger partial charge in [-0.15, -0.1) is 11.3 Å². The molecular weight excluding hydrogens is 505 g/mol. The SMILES string of the molecule is CC(=O)N[C@H](Cc1ccccc1F)C(=O)N1CCN(Cc2cccc(-c3noc(-c4cccs4)n3)c2)CC1. The second kappa shape index (κ2) is 11.7. The van der Waals surface area contributed by atoms with Crippen LogP contribution in [0.2, 0.25) is 0 Å². The number of nitrogens with one attached hydrogen (secondary N) is 1. The lowest BCUT2D eigenvalue weighted by Gasteiger charge is -2.36. The number of thiophene rings is 1. The quantitative estimate of drug-likeness (QED) is 0.368. The number of halogens is 1. The van der Waals surface area contributed by atoms with Gasteiger partial charge in [-0.1, -0.05) is 47.6 Å². The highest BCUT2D eigenvalue weighted by atomic mass is 32.1. The first-order chi connectivity index (χ1) is 18.5. The lowest BCUT2D eigenvalue weighted by Crippen LogP contribution is -2.55. The monoisotopic (exact) mass is 533 g/mol. The predicted octanol–water partition coefficient (Wildman–Crippen LogP) is 4.00. The first-order valence-electron chi connectivity index (χ1n) is 12.4. The molecule has 196 valence electrons. The third-order valence-electron chi connectivity index (χ3n) is 6.49. The number of aromatic nitrogens is 2. The molecule has 1 atom stereocenters. The van der Waals surface area contributed by atoms with E-state index in [2.05, 4.69) is 32.5 Å². The minimum atomic E-state index is -0.804. The molecule has 38 heavy (non-hydrogen) atoms. The van der Waals surface area contributed by atoms with Gasteiger partial charge < -0.3 is 14.7 Å². The molecule has 2 aromatic carbocycles. The van der Waals surface area contributed by atoms with Gasteiger partial charge in [-0.25, -0.2) is 4.39 Å². The summed E-state index contributed by atoms with van der Waals surface area (Å²) < 4.78 is 19.6. The molecule has 0 radical (unpaired) electrons. The lowest BCUT2D eigenvalue weighted by atomic mass is 10.0. The van der Waals surface area contributed by atoms with Crippen molar-refractivity contribution in [2.45, 2.75) is 25.9 Å². The summed E-state index contributed by atoms with van der Waals surface area (Å²) in [6.07, 6.45) is 0.113. The standard InChI is InChI=1S/C28H28FN5O3S/c1-19(35)30-24(17-21-7-2-3-9-23(21)29)28(36)34-13-11-33(12-14-34)18-20-6-4-8-22(16-20)26-31-27(37-32-26)25-10-5-15-38-25/h2-10,15-16,24H,11-14,17-18H2,1H3,(H,30,35)/t24-/m1/s1. The Morgan fingerprint density at radius 1 is 1.08 bits per heavy atom. The number of carbonyl (C=O) groups excluding carboxylic acids is 2. The highest BCUT2D eigenvalue weighted by molar-refractivity contribution is 7.13. The van der Waals surface area contributed by atoms with Gasteiger partial charge in [-0.3, -0.25) is 14.5 Å². The zero-order chi connectivity index (χ0) is 26.5. The minimum Gasteiger partial charge on any atom is -0.344 e. The van der Waals surface area contributed by atoms with Crippen molar-refractivity contribution in [3.8, 4) is 22.2 Å². The van der Waals surface area contributed by atoms with Crippen LogP contribution >= 0.6 is 11.3 Å². The molecule has 1 N–H and O–H groups in total. The maximum atomic E-state index is 14.2. The van der Waals surface area contributed by atoms with Crippen molar-refractivity contribution in [3.05, 3.63) is 83.0 Å². The normalized spacial score (nSPS) is 14.8. The van der Waals surface area contributed by atoms with E-state index >= 15 is 0 Å². The van der Waals surface area contributed by atoms with E-state index in [1.165, 1.54) is 13.0 Å². The maximum absolute atomic E-state index is 14.2. The molecule has 0 aliphatic carbocycles. The van der Waals surface area contributed by atoms with Gasteiger partial charge >= 0.3 is 0 Å². The third kappa shape index (κ3) is 6.15. The highest BCUT2D eigenvalue weighted by Gasteiger charge is 2.29. The largest absolute Gasteiger partial charge is 0.344 e. The Bertz CT molecular complexity index is 1400. The van der Waals surface area contributed by atoms with E-state index in [1.54, 1.807) is 34.4 Å². The van der Waals surface area contributed by atoms with Gasteiger partial charge in [0.25, 0.3) is 5.89 Å². The van der Waals surface area contributed by atoms with Gasteiger partial charge in [0.15, 0.2) is 0 Å². The molecule has 4 aromatic rings. The molecule has 0 unspecified atom stereocenters. The van der Waals surface area contributed by atoms with Crippen LogP contribution in [-0.4, -0.2) is 64.0 Å². The Morgan fingerprint density at radius 3 is 2.63 bits per heavy atom. The molecule has 3 heterocycles. The van der Waals surface area contributed by atoms with Crippen LogP contribution in [0, 0.1) is 5.82 Å². The third-order valence-corrected chi connectivity index (χ3v) is 7.35. The first kappa shape index (κ1) is 25.7. The Balaban J connectivity index is 1.19. The molecule has 0 saturated carbocycles. The van der Waals surface area contributed by atoms with E-state index in [0.29, 0.717) is 43.5 Å². The van der Waals surface area contributed by atoms with E-state index in [9.17, 15) is 14.0 Å². The Morgan fingerprint density at radius 2 is 1.89 bits per heavy atom. The number of nitrogens with zero attached hydrogens (tertiary/aromatic N) is 4. The fraction of sp³-hybridized carbons (Fsp3) is 0.286. The molecule has 1 aliphatic heterocycles. The van der Waals surface area contributed by atoms with Crippen LogP contribution in [0.15, 0.2) is 70.6 Å². The summed E-state index contributed by atoms with van der Waals surface area (Å²) in [6, 6.07) is 17.5. The second-order valence-corrected chi connectivity index (χ2v) is 10.2. The highest BCUT2D eigenvalue weighted by Crippen LogP contribution is 2.26. The fourth-order valence-corrected chi connectivity index (χ4v) is 5.23. The number of amides is 2. The zero-order valence-electron chi connectivity index (χ0n) is 21.0. The van der Waals surface area contributed by atoms with E-state index in [0.717, 1.165) is 22.5 Å². The maximum Gasteiger partial charge on any atom is 0.268 e. The summed E-state index contributed by atoms with van der Waals surface area (Å²) in [4.78, 5) is 34.5. The topological polar surface area (TPSA) is 91.6 Å². The number of hydrogen-bond donors (Lipinski definition) is 1. The van der Waals surface area contributed by atoms with Crippen LogP contribution in [0.4, 0.5) is 4.39 Å². The smallest absolute Gasteiger partial charge is 0.268 e. The van der Waals surface area contributed by atoms with Crippen molar-refractivity contribution in [1.29, 1.82) is 0 Å². The zero-order valence-corrected chi connectivity index (χ0v) is 21.8. The minimum absolute atomic E-state index is 0.113. The fourth-order valence-electron chi connectivity index (χ4n) is 4.58. The van der Waals surface area contributed by atoms with Crippen molar-refractivity contribution in [2.24, 2.45) is 0 Å². The molecule has 0 spiro atoms. The molecule has 1 aliphatic rings. The average Bonchev–Trinajstić information content (AvgIpc) is 3.62. The molecule has 8 nitrogen and oxygen atoms in total. The summed E-state index contributed by atoms with van der Waals surface area (Å²) in [5.74, 6) is 0.163. The van der Waals surface area contributed by atoms with Crippen LogP contribution in [-0.2, 0) is 22.6 Å². The van der Waals surface area contributed by atoms with E-state index in [4.69, 9.17) is 4.52 Å². The first-order valence-corrected chi connectivity index (χ1v) is 13.3. The summed E-state index contributed by atoms with van der Waals surface area (Å²) in [5.41, 5.74) is 2.40. The van der Waals surface area contributed by atoms with Crippen LogP contribution in [0.1, 0.15) is 18.1 Å². The summed E-state index contributed by atoms with van der Waals surface area (Å²) in [5, 5.41) is 8.82. The number of rotatable bonds is 8. The van der Waals surface area contributed by atoms with Gasteiger partial charge in [-0.05, 0) is 34.7 Å². The van der Waals surface area contributed by atoms with Gasteiger partial charge in [0.2, 0.25) is 17.6 Å². The summed E-state index contributed by atoms with van der Waals surface area (Å²) in [6.45, 7) is 4.52.